The average Bonchev–Trinajstić information content (AvgIpc) is 3.06. The predicted molar refractivity (Wildman–Crippen MR) is 119 cm³/mol. The van der Waals surface area contributed by atoms with E-state index in [1.807, 2.05) is 44.2 Å². The number of halogens is 3. The van der Waals surface area contributed by atoms with E-state index in [9.17, 15) is 22.8 Å². The monoisotopic (exact) mass is 458 g/mol. The molecule has 9 heteroatoms. The first kappa shape index (κ1) is 24.0. The molecular weight excluding hydrogens is 433 g/mol. The Hall–Kier alpha value is -3.62. The SMILES string of the molecule is CCN(CC(=O)Nc1ccccc1C(F)(F)F)C(=O)Cc1c(C)nn(-c2ccccc2)c1C. The molecule has 0 bridgehead atoms. The Morgan fingerprint density at radius 3 is 2.30 bits per heavy atom. The van der Waals surface area contributed by atoms with Crippen molar-refractivity contribution in [2.75, 3.05) is 18.4 Å². The number of carbonyl (C=O) groups is 2. The lowest BCUT2D eigenvalue weighted by atomic mass is 10.1. The number of aryl methyl sites for hydroxylation is 1. The second kappa shape index (κ2) is 9.89. The van der Waals surface area contributed by atoms with Crippen molar-refractivity contribution in [3.8, 4) is 5.69 Å². The molecule has 2 amide bonds. The maximum atomic E-state index is 13.2. The van der Waals surface area contributed by atoms with Crippen LogP contribution in [0.4, 0.5) is 18.9 Å². The summed E-state index contributed by atoms with van der Waals surface area (Å²) in [6.07, 6.45) is -4.57. The highest BCUT2D eigenvalue weighted by molar-refractivity contribution is 5.95. The summed E-state index contributed by atoms with van der Waals surface area (Å²) in [7, 11) is 0. The average molecular weight is 458 g/mol. The molecule has 3 rings (SSSR count). The number of alkyl halides is 3. The van der Waals surface area contributed by atoms with Gasteiger partial charge >= 0.3 is 6.18 Å². The van der Waals surface area contributed by atoms with E-state index < -0.39 is 17.6 Å². The quantitative estimate of drug-likeness (QED) is 0.565. The smallest absolute Gasteiger partial charge is 0.333 e. The van der Waals surface area contributed by atoms with E-state index in [2.05, 4.69) is 10.4 Å². The van der Waals surface area contributed by atoms with Crippen LogP contribution in [-0.2, 0) is 22.2 Å². The molecule has 3 aromatic rings. The molecule has 6 nitrogen and oxygen atoms in total. The molecule has 0 atom stereocenters. The van der Waals surface area contributed by atoms with Crippen molar-refractivity contribution in [1.29, 1.82) is 0 Å². The van der Waals surface area contributed by atoms with Gasteiger partial charge in [-0.25, -0.2) is 4.68 Å². The maximum absolute atomic E-state index is 13.2. The van der Waals surface area contributed by atoms with Gasteiger partial charge in [0, 0.05) is 17.8 Å². The lowest BCUT2D eigenvalue weighted by Crippen LogP contribution is -2.39. The van der Waals surface area contributed by atoms with Crippen molar-refractivity contribution in [3.05, 3.63) is 77.1 Å². The van der Waals surface area contributed by atoms with Gasteiger partial charge in [-0.15, -0.1) is 0 Å². The molecule has 33 heavy (non-hydrogen) atoms. The molecule has 0 saturated heterocycles. The highest BCUT2D eigenvalue weighted by Gasteiger charge is 2.33. The van der Waals surface area contributed by atoms with Gasteiger partial charge in [0.2, 0.25) is 11.8 Å². The number of para-hydroxylation sites is 2. The molecule has 1 N–H and O–H groups in total. The van der Waals surface area contributed by atoms with Crippen LogP contribution < -0.4 is 5.32 Å². The molecule has 0 aliphatic carbocycles. The number of nitrogens with zero attached hydrogens (tertiary/aromatic N) is 3. The lowest BCUT2D eigenvalue weighted by Gasteiger charge is -2.21. The van der Waals surface area contributed by atoms with E-state index in [-0.39, 0.29) is 31.1 Å². The number of nitrogens with one attached hydrogen (secondary N) is 1. The number of likely N-dealkylation sites (N-methyl/N-ethyl adjacent to an activating group) is 1. The van der Waals surface area contributed by atoms with Gasteiger partial charge in [0.05, 0.1) is 35.6 Å². The van der Waals surface area contributed by atoms with E-state index in [1.165, 1.54) is 23.1 Å². The molecule has 0 spiro atoms. The van der Waals surface area contributed by atoms with Crippen LogP contribution in [0.3, 0.4) is 0 Å². The number of hydrogen-bond donors (Lipinski definition) is 1. The number of carbonyl (C=O) groups excluding carboxylic acids is 2. The minimum absolute atomic E-state index is 0.0325. The lowest BCUT2D eigenvalue weighted by molar-refractivity contribution is -0.137. The Kier molecular flexibility index (Phi) is 7.20. The standard InChI is InChI=1S/C24H25F3N4O2/c1-4-30(15-22(32)28-21-13-9-8-12-20(21)24(25,26)27)23(33)14-19-16(2)29-31(17(19)3)18-10-6-5-7-11-18/h5-13H,4,14-15H2,1-3H3,(H,28,32). The number of anilines is 1. The van der Waals surface area contributed by atoms with Gasteiger partial charge in [-0.2, -0.15) is 18.3 Å². The zero-order valence-corrected chi connectivity index (χ0v) is 18.6. The van der Waals surface area contributed by atoms with Crippen molar-refractivity contribution in [2.24, 2.45) is 0 Å². The predicted octanol–water partition coefficient (Wildman–Crippen LogP) is 4.54. The molecular formula is C24H25F3N4O2. The molecule has 174 valence electrons. The van der Waals surface area contributed by atoms with Gasteiger partial charge < -0.3 is 10.2 Å². The minimum atomic E-state index is -4.60. The van der Waals surface area contributed by atoms with Gasteiger partial charge in [-0.1, -0.05) is 30.3 Å². The van der Waals surface area contributed by atoms with Crippen LogP contribution in [0.1, 0.15) is 29.4 Å². The van der Waals surface area contributed by atoms with Crippen LogP contribution in [0.15, 0.2) is 54.6 Å². The van der Waals surface area contributed by atoms with Gasteiger partial charge in [0.15, 0.2) is 0 Å². The first-order valence-corrected chi connectivity index (χ1v) is 10.5. The number of rotatable bonds is 7. The first-order chi connectivity index (χ1) is 15.6. The molecule has 0 radical (unpaired) electrons. The third-order valence-electron chi connectivity index (χ3n) is 5.35. The van der Waals surface area contributed by atoms with Gasteiger partial charge in [-0.3, -0.25) is 9.59 Å². The zero-order chi connectivity index (χ0) is 24.2. The summed E-state index contributed by atoms with van der Waals surface area (Å²) in [4.78, 5) is 26.7. The van der Waals surface area contributed by atoms with E-state index in [0.717, 1.165) is 23.0 Å². The van der Waals surface area contributed by atoms with Crippen molar-refractivity contribution in [1.82, 2.24) is 14.7 Å². The van der Waals surface area contributed by atoms with E-state index in [4.69, 9.17) is 0 Å². The number of amides is 2. The van der Waals surface area contributed by atoms with Crippen molar-refractivity contribution < 1.29 is 22.8 Å². The molecule has 0 unspecified atom stereocenters. The molecule has 0 saturated carbocycles. The third kappa shape index (κ3) is 5.60. The molecule has 1 aromatic heterocycles. The fraction of sp³-hybridized carbons (Fsp3) is 0.292. The normalized spacial score (nSPS) is 11.3. The fourth-order valence-corrected chi connectivity index (χ4v) is 3.59. The summed E-state index contributed by atoms with van der Waals surface area (Å²) >= 11 is 0. The topological polar surface area (TPSA) is 67.2 Å². The van der Waals surface area contributed by atoms with E-state index >= 15 is 0 Å². The summed E-state index contributed by atoms with van der Waals surface area (Å²) in [5.74, 6) is -1.01. The zero-order valence-electron chi connectivity index (χ0n) is 18.6. The van der Waals surface area contributed by atoms with E-state index in [1.54, 1.807) is 11.6 Å². The molecule has 0 aliphatic rings. The summed E-state index contributed by atoms with van der Waals surface area (Å²) in [6, 6.07) is 14.2. The molecule has 0 fully saturated rings. The Balaban J connectivity index is 1.72. The van der Waals surface area contributed by atoms with E-state index in [0.29, 0.717) is 5.69 Å². The maximum Gasteiger partial charge on any atom is 0.418 e. The molecule has 2 aromatic carbocycles. The van der Waals surface area contributed by atoms with Gasteiger partial charge in [0.25, 0.3) is 0 Å². The highest BCUT2D eigenvalue weighted by atomic mass is 19.4. The number of hydrogen-bond acceptors (Lipinski definition) is 3. The summed E-state index contributed by atoms with van der Waals surface area (Å²) in [5.41, 5.74) is 1.86. The largest absolute Gasteiger partial charge is 0.418 e. The van der Waals surface area contributed by atoms with Crippen LogP contribution in [0.25, 0.3) is 5.69 Å². The van der Waals surface area contributed by atoms with Crippen molar-refractivity contribution >= 4 is 17.5 Å². The fourth-order valence-electron chi connectivity index (χ4n) is 3.59. The molecule has 1 heterocycles. The second-order valence-corrected chi connectivity index (χ2v) is 7.57. The number of benzene rings is 2. The van der Waals surface area contributed by atoms with Gasteiger partial charge in [-0.05, 0) is 45.0 Å². The highest BCUT2D eigenvalue weighted by Crippen LogP contribution is 2.34. The Labute approximate surface area is 190 Å². The number of aromatic nitrogens is 2. The third-order valence-corrected chi connectivity index (χ3v) is 5.35. The Bertz CT molecular complexity index is 1140. The Morgan fingerprint density at radius 2 is 1.67 bits per heavy atom. The first-order valence-electron chi connectivity index (χ1n) is 10.5. The van der Waals surface area contributed by atoms with Crippen LogP contribution >= 0.6 is 0 Å². The van der Waals surface area contributed by atoms with Gasteiger partial charge in [0.1, 0.15) is 0 Å². The summed E-state index contributed by atoms with van der Waals surface area (Å²) in [5, 5.41) is 6.81. The summed E-state index contributed by atoms with van der Waals surface area (Å²) < 4.78 is 41.3. The van der Waals surface area contributed by atoms with Crippen LogP contribution in [0.2, 0.25) is 0 Å². The minimum Gasteiger partial charge on any atom is -0.333 e. The Morgan fingerprint density at radius 1 is 1.03 bits per heavy atom. The second-order valence-electron chi connectivity index (χ2n) is 7.57. The van der Waals surface area contributed by atoms with Crippen LogP contribution in [-0.4, -0.2) is 39.6 Å². The summed E-state index contributed by atoms with van der Waals surface area (Å²) in [6.45, 7) is 5.27. The van der Waals surface area contributed by atoms with Crippen LogP contribution in [0, 0.1) is 13.8 Å². The molecule has 0 aliphatic heterocycles. The van der Waals surface area contributed by atoms with Crippen molar-refractivity contribution in [2.45, 2.75) is 33.4 Å². The van der Waals surface area contributed by atoms with Crippen molar-refractivity contribution in [3.63, 3.8) is 0 Å². The van der Waals surface area contributed by atoms with Crippen LogP contribution in [0.5, 0.6) is 0 Å².